The Morgan fingerprint density at radius 1 is 0.907 bits per heavy atom. The van der Waals surface area contributed by atoms with Crippen molar-refractivity contribution in [1.29, 1.82) is 5.26 Å². The summed E-state index contributed by atoms with van der Waals surface area (Å²) in [6, 6.07) is 11.4. The summed E-state index contributed by atoms with van der Waals surface area (Å²) in [4.78, 5) is 41.2. The molecule has 43 heavy (non-hydrogen) atoms. The summed E-state index contributed by atoms with van der Waals surface area (Å²) >= 11 is 0. The minimum absolute atomic E-state index is 0.0516. The fraction of sp³-hybridized carbons (Fsp3) is 0.684. The molecular formula is C38H49NO4. The molecule has 1 aromatic rings. The number of ketones is 2. The van der Waals surface area contributed by atoms with Crippen LogP contribution in [0.1, 0.15) is 110 Å². The van der Waals surface area contributed by atoms with E-state index in [1.165, 1.54) is 0 Å². The lowest BCUT2D eigenvalue weighted by molar-refractivity contribution is -0.226. The van der Waals surface area contributed by atoms with E-state index in [9.17, 15) is 19.6 Å². The monoisotopic (exact) mass is 583 g/mol. The molecule has 4 fully saturated rings. The average Bonchev–Trinajstić information content (AvgIpc) is 2.95. The first kappa shape index (κ1) is 30.3. The van der Waals surface area contributed by atoms with Crippen LogP contribution in [0, 0.1) is 67.5 Å². The highest BCUT2D eigenvalue weighted by Crippen LogP contribution is 2.75. The zero-order valence-corrected chi connectivity index (χ0v) is 27.2. The number of carbonyl (C=O) groups is 3. The van der Waals surface area contributed by atoms with Gasteiger partial charge in [0.05, 0.1) is 17.7 Å². The summed E-state index contributed by atoms with van der Waals surface area (Å²) in [7, 11) is 0. The fourth-order valence-corrected chi connectivity index (χ4v) is 11.5. The van der Waals surface area contributed by atoms with Crippen molar-refractivity contribution >= 4 is 17.5 Å². The van der Waals surface area contributed by atoms with Crippen LogP contribution in [0.3, 0.4) is 0 Å². The van der Waals surface area contributed by atoms with E-state index in [2.05, 4.69) is 40.7 Å². The van der Waals surface area contributed by atoms with Gasteiger partial charge in [-0.15, -0.1) is 0 Å². The van der Waals surface area contributed by atoms with Crippen molar-refractivity contribution in [3.05, 3.63) is 47.5 Å². The first-order chi connectivity index (χ1) is 20.0. The van der Waals surface area contributed by atoms with Gasteiger partial charge in [-0.1, -0.05) is 72.7 Å². The minimum Gasteiger partial charge on any atom is -0.461 e. The molecule has 0 aromatic heterocycles. The first-order valence-corrected chi connectivity index (χ1v) is 16.5. The highest BCUT2D eigenvalue weighted by molar-refractivity contribution is 6.04. The van der Waals surface area contributed by atoms with Gasteiger partial charge in [0.2, 0.25) is 0 Å². The lowest BCUT2D eigenvalue weighted by Gasteiger charge is -2.72. The summed E-state index contributed by atoms with van der Waals surface area (Å²) in [6.07, 6.45) is 9.23. The lowest BCUT2D eigenvalue weighted by atomic mass is 9.31. The van der Waals surface area contributed by atoms with E-state index in [4.69, 9.17) is 4.74 Å². The number of hydrogen-bond donors (Lipinski definition) is 0. The number of carbonyl (C=O) groups excluding carboxylic acids is 3. The van der Waals surface area contributed by atoms with Crippen LogP contribution in [0.15, 0.2) is 42.0 Å². The molecular weight excluding hydrogens is 534 g/mol. The van der Waals surface area contributed by atoms with Crippen LogP contribution in [0.2, 0.25) is 0 Å². The molecule has 0 radical (unpaired) electrons. The lowest BCUT2D eigenvalue weighted by Crippen LogP contribution is -2.69. The fourth-order valence-electron chi connectivity index (χ4n) is 11.5. The normalized spacial score (nSPS) is 42.7. The zero-order chi connectivity index (χ0) is 31.2. The molecule has 0 aliphatic heterocycles. The van der Waals surface area contributed by atoms with Crippen LogP contribution in [0.4, 0.5) is 0 Å². The quantitative estimate of drug-likeness (QED) is 0.335. The first-order valence-electron chi connectivity index (χ1n) is 16.5. The van der Waals surface area contributed by atoms with Gasteiger partial charge < -0.3 is 4.74 Å². The van der Waals surface area contributed by atoms with E-state index >= 15 is 0 Å². The molecule has 6 rings (SSSR count). The molecule has 5 aliphatic carbocycles. The van der Waals surface area contributed by atoms with Crippen LogP contribution in [-0.4, -0.2) is 24.1 Å². The van der Waals surface area contributed by atoms with Crippen LogP contribution in [-0.2, 0) is 14.3 Å². The summed E-state index contributed by atoms with van der Waals surface area (Å²) in [5, 5.41) is 9.98. The van der Waals surface area contributed by atoms with E-state index in [0.717, 1.165) is 44.9 Å². The third kappa shape index (κ3) is 4.17. The number of nitriles is 1. The molecule has 0 amide bonds. The maximum Gasteiger partial charge on any atom is 0.338 e. The minimum atomic E-state index is -0.631. The highest BCUT2D eigenvalue weighted by Gasteiger charge is 2.72. The van der Waals surface area contributed by atoms with Gasteiger partial charge in [-0.05, 0) is 96.5 Å². The zero-order valence-electron chi connectivity index (χ0n) is 27.2. The Hall–Kier alpha value is -2.74. The Labute approximate surface area is 257 Å². The molecule has 2 unspecified atom stereocenters. The molecule has 230 valence electrons. The number of benzene rings is 1. The Balaban J connectivity index is 1.38. The summed E-state index contributed by atoms with van der Waals surface area (Å²) in [5.74, 6) is 0.250. The highest BCUT2D eigenvalue weighted by atomic mass is 16.5. The van der Waals surface area contributed by atoms with E-state index in [0.29, 0.717) is 24.4 Å². The maximum absolute atomic E-state index is 14.7. The van der Waals surface area contributed by atoms with Crippen molar-refractivity contribution in [1.82, 2.24) is 0 Å². The van der Waals surface area contributed by atoms with Gasteiger partial charge in [0.1, 0.15) is 11.9 Å². The predicted octanol–water partition coefficient (Wildman–Crippen LogP) is 8.14. The van der Waals surface area contributed by atoms with Gasteiger partial charge in [-0.25, -0.2) is 4.79 Å². The Bertz CT molecular complexity index is 1430. The molecule has 4 saturated carbocycles. The van der Waals surface area contributed by atoms with E-state index < -0.39 is 10.8 Å². The van der Waals surface area contributed by atoms with Gasteiger partial charge in [-0.3, -0.25) is 9.59 Å². The molecule has 0 saturated heterocycles. The summed E-state index contributed by atoms with van der Waals surface area (Å²) < 4.78 is 6.10. The Morgan fingerprint density at radius 3 is 2.26 bits per heavy atom. The van der Waals surface area contributed by atoms with Crippen molar-refractivity contribution < 1.29 is 19.1 Å². The van der Waals surface area contributed by atoms with Gasteiger partial charge in [0.15, 0.2) is 5.78 Å². The topological polar surface area (TPSA) is 84.2 Å². The number of ether oxygens (including phenoxy) is 1. The third-order valence-corrected chi connectivity index (χ3v) is 14.1. The molecule has 5 nitrogen and oxygen atoms in total. The Morgan fingerprint density at radius 2 is 1.58 bits per heavy atom. The smallest absolute Gasteiger partial charge is 0.338 e. The molecule has 0 bridgehead atoms. The standard InChI is InChI=1S/C38H49NO4/c1-33(2)15-17-38(23-43-32(42)24-11-9-8-10-12-24)18-16-37(7)30(26(38)21-33)27(40)19-29-35(5)20-25(22-39)31(41)34(3,4)28(35)13-14-36(29,37)6/h8-12,20,26,28-30H,13-19,21,23H2,1-7H3/t26?,28-,29+,30?,35-,36+,37+,38+/m0/s1. The van der Waals surface area contributed by atoms with Crippen molar-refractivity contribution in [2.75, 3.05) is 6.61 Å². The molecule has 0 heterocycles. The number of hydrogen-bond acceptors (Lipinski definition) is 5. The summed E-state index contributed by atoms with van der Waals surface area (Å²) in [6.45, 7) is 16.1. The second-order valence-corrected chi connectivity index (χ2v) is 17.0. The summed E-state index contributed by atoms with van der Waals surface area (Å²) in [5.41, 5.74) is -0.590. The van der Waals surface area contributed by atoms with Gasteiger partial charge >= 0.3 is 5.97 Å². The van der Waals surface area contributed by atoms with E-state index in [1.54, 1.807) is 12.1 Å². The SMILES string of the molecule is CC1(C)CC[C@]2(COC(=O)c3ccccc3)CC[C@]3(C)C(C(=O)C[C@@H]4[C@@]5(C)C=C(C#N)C(=O)C(C)(C)[C@@H]5CC[C@]43C)C2C1. The Kier molecular flexibility index (Phi) is 6.78. The second-order valence-electron chi connectivity index (χ2n) is 17.0. The molecule has 0 spiro atoms. The number of allylic oxidation sites excluding steroid dienone is 2. The van der Waals surface area contributed by atoms with Crippen molar-refractivity contribution in [3.8, 4) is 6.07 Å². The van der Waals surface area contributed by atoms with E-state index in [1.807, 2.05) is 38.1 Å². The molecule has 0 N–H and O–H groups in total. The number of rotatable bonds is 3. The largest absolute Gasteiger partial charge is 0.461 e. The average molecular weight is 584 g/mol. The van der Waals surface area contributed by atoms with Gasteiger partial charge in [0.25, 0.3) is 0 Å². The van der Waals surface area contributed by atoms with Crippen molar-refractivity contribution in [2.24, 2.45) is 56.2 Å². The van der Waals surface area contributed by atoms with Crippen LogP contribution in [0.5, 0.6) is 0 Å². The number of esters is 1. The van der Waals surface area contributed by atoms with Crippen LogP contribution >= 0.6 is 0 Å². The van der Waals surface area contributed by atoms with Crippen LogP contribution < -0.4 is 0 Å². The van der Waals surface area contributed by atoms with E-state index in [-0.39, 0.29) is 62.7 Å². The second kappa shape index (κ2) is 9.63. The van der Waals surface area contributed by atoms with Gasteiger partial charge in [0, 0.05) is 23.2 Å². The number of fused-ring (bicyclic) bond motifs is 7. The predicted molar refractivity (Wildman–Crippen MR) is 166 cm³/mol. The molecule has 5 aliphatic rings. The molecule has 1 aromatic carbocycles. The molecule has 5 heteroatoms. The number of Topliss-reactive ketones (excluding diaryl/α,β-unsaturated/α-hetero) is 2. The van der Waals surface area contributed by atoms with Crippen LogP contribution in [0.25, 0.3) is 0 Å². The number of nitrogens with zero attached hydrogens (tertiary/aromatic N) is 1. The maximum atomic E-state index is 14.7. The van der Waals surface area contributed by atoms with Crippen molar-refractivity contribution in [2.45, 2.75) is 99.8 Å². The van der Waals surface area contributed by atoms with Gasteiger partial charge in [-0.2, -0.15) is 5.26 Å². The molecule has 8 atom stereocenters. The van der Waals surface area contributed by atoms with Crippen molar-refractivity contribution in [3.63, 3.8) is 0 Å². The third-order valence-electron chi connectivity index (χ3n) is 14.1.